The Morgan fingerprint density at radius 1 is 1.00 bits per heavy atom. The van der Waals surface area contributed by atoms with Gasteiger partial charge in [-0.05, 0) is 55.3 Å². The summed E-state index contributed by atoms with van der Waals surface area (Å²) in [5, 5.41) is 0. The predicted molar refractivity (Wildman–Crippen MR) is 82.7 cm³/mol. The molecule has 0 aliphatic heterocycles. The van der Waals surface area contributed by atoms with E-state index in [2.05, 4.69) is 31.9 Å². The van der Waals surface area contributed by atoms with Crippen LogP contribution in [0.15, 0.2) is 45.3 Å². The highest BCUT2D eigenvalue weighted by molar-refractivity contribution is 9.10. The summed E-state index contributed by atoms with van der Waals surface area (Å²) >= 11 is 6.79. The largest absolute Gasteiger partial charge is 0.423 e. The molecule has 0 aliphatic rings. The fourth-order valence-corrected chi connectivity index (χ4v) is 2.46. The molecule has 2 rings (SSSR count). The molecule has 0 unspecified atom stereocenters. The van der Waals surface area contributed by atoms with Gasteiger partial charge in [0.05, 0.1) is 5.56 Å². The Hall–Kier alpha value is -1.13. The molecule has 2 aromatic rings. The first kappa shape index (κ1) is 14.3. The molecule has 19 heavy (non-hydrogen) atoms. The van der Waals surface area contributed by atoms with Crippen molar-refractivity contribution < 1.29 is 9.53 Å². The zero-order valence-electron chi connectivity index (χ0n) is 10.5. The molecule has 0 saturated heterocycles. The van der Waals surface area contributed by atoms with Crippen molar-refractivity contribution in [1.29, 1.82) is 0 Å². The summed E-state index contributed by atoms with van der Waals surface area (Å²) in [5.41, 5.74) is 2.52. The van der Waals surface area contributed by atoms with Crippen LogP contribution in [-0.4, -0.2) is 5.97 Å². The first-order valence-corrected chi connectivity index (χ1v) is 7.30. The van der Waals surface area contributed by atoms with Crippen LogP contribution >= 0.6 is 31.9 Å². The number of esters is 1. The van der Waals surface area contributed by atoms with E-state index in [9.17, 15) is 4.79 Å². The van der Waals surface area contributed by atoms with E-state index in [1.165, 1.54) is 0 Å². The maximum Gasteiger partial charge on any atom is 0.343 e. The number of halogens is 2. The second-order valence-electron chi connectivity index (χ2n) is 4.26. The van der Waals surface area contributed by atoms with E-state index >= 15 is 0 Å². The number of hydrogen-bond donors (Lipinski definition) is 0. The van der Waals surface area contributed by atoms with Crippen molar-refractivity contribution in [3.8, 4) is 5.75 Å². The fourth-order valence-electron chi connectivity index (χ4n) is 1.61. The molecular formula is C15H12Br2O2. The summed E-state index contributed by atoms with van der Waals surface area (Å²) in [6.07, 6.45) is 0. The first-order chi connectivity index (χ1) is 8.97. The van der Waals surface area contributed by atoms with Gasteiger partial charge in [0.25, 0.3) is 0 Å². The molecule has 0 aliphatic carbocycles. The molecule has 0 atom stereocenters. The van der Waals surface area contributed by atoms with Crippen LogP contribution < -0.4 is 4.74 Å². The van der Waals surface area contributed by atoms with Crippen molar-refractivity contribution >= 4 is 37.8 Å². The third kappa shape index (κ3) is 3.45. The topological polar surface area (TPSA) is 26.3 Å². The van der Waals surface area contributed by atoms with E-state index in [-0.39, 0.29) is 5.97 Å². The highest BCUT2D eigenvalue weighted by atomic mass is 79.9. The average molecular weight is 384 g/mol. The van der Waals surface area contributed by atoms with Crippen molar-refractivity contribution in [2.24, 2.45) is 0 Å². The molecule has 0 aromatic heterocycles. The van der Waals surface area contributed by atoms with Crippen molar-refractivity contribution in [2.75, 3.05) is 0 Å². The smallest absolute Gasteiger partial charge is 0.343 e. The van der Waals surface area contributed by atoms with Crippen LogP contribution in [0.4, 0.5) is 0 Å². The average Bonchev–Trinajstić information content (AvgIpc) is 2.36. The summed E-state index contributed by atoms with van der Waals surface area (Å²) in [6, 6.07) is 11.0. The van der Waals surface area contributed by atoms with Crippen molar-refractivity contribution in [3.63, 3.8) is 0 Å². The molecule has 0 spiro atoms. The van der Waals surface area contributed by atoms with E-state index in [0.29, 0.717) is 11.3 Å². The van der Waals surface area contributed by atoms with Crippen LogP contribution in [-0.2, 0) is 0 Å². The van der Waals surface area contributed by atoms with E-state index in [0.717, 1.165) is 20.1 Å². The predicted octanol–water partition coefficient (Wildman–Crippen LogP) is 5.05. The summed E-state index contributed by atoms with van der Waals surface area (Å²) in [6.45, 7) is 3.87. The Morgan fingerprint density at radius 3 is 2.37 bits per heavy atom. The maximum atomic E-state index is 12.1. The molecule has 0 heterocycles. The van der Waals surface area contributed by atoms with E-state index in [1.54, 1.807) is 18.2 Å². The van der Waals surface area contributed by atoms with E-state index < -0.39 is 0 Å². The van der Waals surface area contributed by atoms with Gasteiger partial charge in [-0.3, -0.25) is 0 Å². The number of ether oxygens (including phenoxy) is 1. The lowest BCUT2D eigenvalue weighted by Crippen LogP contribution is -2.09. The van der Waals surface area contributed by atoms with Crippen molar-refractivity contribution in [3.05, 3.63) is 62.0 Å². The molecule has 4 heteroatoms. The fraction of sp³-hybridized carbons (Fsp3) is 0.133. The molecule has 0 radical (unpaired) electrons. The first-order valence-electron chi connectivity index (χ1n) is 5.72. The third-order valence-corrected chi connectivity index (χ3v) is 4.09. The van der Waals surface area contributed by atoms with Crippen LogP contribution in [0.5, 0.6) is 5.75 Å². The molecule has 98 valence electrons. The molecule has 0 saturated carbocycles. The highest BCUT2D eigenvalue weighted by Crippen LogP contribution is 2.24. The van der Waals surface area contributed by atoms with Gasteiger partial charge in [0.2, 0.25) is 0 Å². The Labute approximate surface area is 129 Å². The second kappa shape index (κ2) is 5.88. The van der Waals surface area contributed by atoms with E-state index in [1.807, 2.05) is 32.0 Å². The van der Waals surface area contributed by atoms with Gasteiger partial charge in [-0.25, -0.2) is 4.79 Å². The monoisotopic (exact) mass is 382 g/mol. The lowest BCUT2D eigenvalue weighted by molar-refractivity contribution is 0.0733. The van der Waals surface area contributed by atoms with Gasteiger partial charge in [0, 0.05) is 8.95 Å². The number of hydrogen-bond acceptors (Lipinski definition) is 2. The van der Waals surface area contributed by atoms with Crippen LogP contribution in [0.3, 0.4) is 0 Å². The Morgan fingerprint density at radius 2 is 1.74 bits per heavy atom. The summed E-state index contributed by atoms with van der Waals surface area (Å²) < 4.78 is 7.26. The minimum absolute atomic E-state index is 0.355. The van der Waals surface area contributed by atoms with Gasteiger partial charge in [0.15, 0.2) is 0 Å². The minimum atomic E-state index is -0.355. The summed E-state index contributed by atoms with van der Waals surface area (Å²) in [7, 11) is 0. The SMILES string of the molecule is Cc1ccc(C(=O)Oc2ccc(Br)cc2C)cc1Br. The van der Waals surface area contributed by atoms with Gasteiger partial charge < -0.3 is 4.74 Å². The van der Waals surface area contributed by atoms with Gasteiger partial charge in [-0.1, -0.05) is 37.9 Å². The lowest BCUT2D eigenvalue weighted by Gasteiger charge is -2.08. The van der Waals surface area contributed by atoms with Crippen LogP contribution in [0.25, 0.3) is 0 Å². The Kier molecular flexibility index (Phi) is 4.42. The summed E-state index contributed by atoms with van der Waals surface area (Å²) in [4.78, 5) is 12.1. The molecule has 0 N–H and O–H groups in total. The molecule has 0 fully saturated rings. The summed E-state index contributed by atoms with van der Waals surface area (Å²) in [5.74, 6) is 0.219. The van der Waals surface area contributed by atoms with Gasteiger partial charge in [-0.15, -0.1) is 0 Å². The normalized spacial score (nSPS) is 10.3. The molecular weight excluding hydrogens is 372 g/mol. The Bertz CT molecular complexity index is 636. The maximum absolute atomic E-state index is 12.1. The minimum Gasteiger partial charge on any atom is -0.423 e. The molecule has 0 bridgehead atoms. The number of carbonyl (C=O) groups is 1. The standard InChI is InChI=1S/C15H12Br2O2/c1-9-3-4-11(8-13(9)17)15(18)19-14-6-5-12(16)7-10(14)2/h3-8H,1-2H3. The number of rotatable bonds is 2. The van der Waals surface area contributed by atoms with Crippen LogP contribution in [0, 0.1) is 13.8 Å². The van der Waals surface area contributed by atoms with Crippen molar-refractivity contribution in [1.82, 2.24) is 0 Å². The zero-order valence-corrected chi connectivity index (χ0v) is 13.7. The van der Waals surface area contributed by atoms with Crippen LogP contribution in [0.2, 0.25) is 0 Å². The third-order valence-electron chi connectivity index (χ3n) is 2.75. The van der Waals surface area contributed by atoms with E-state index in [4.69, 9.17) is 4.74 Å². The lowest BCUT2D eigenvalue weighted by atomic mass is 10.1. The highest BCUT2D eigenvalue weighted by Gasteiger charge is 2.11. The molecule has 2 nitrogen and oxygen atoms in total. The number of carbonyl (C=O) groups excluding carboxylic acids is 1. The zero-order chi connectivity index (χ0) is 14.0. The Balaban J connectivity index is 2.23. The van der Waals surface area contributed by atoms with Gasteiger partial charge >= 0.3 is 5.97 Å². The number of aryl methyl sites for hydroxylation is 2. The quantitative estimate of drug-likeness (QED) is 0.535. The van der Waals surface area contributed by atoms with Crippen molar-refractivity contribution in [2.45, 2.75) is 13.8 Å². The number of benzene rings is 2. The molecule has 2 aromatic carbocycles. The molecule has 0 amide bonds. The van der Waals surface area contributed by atoms with Gasteiger partial charge in [0.1, 0.15) is 5.75 Å². The van der Waals surface area contributed by atoms with Gasteiger partial charge in [-0.2, -0.15) is 0 Å². The van der Waals surface area contributed by atoms with Crippen LogP contribution in [0.1, 0.15) is 21.5 Å². The second-order valence-corrected chi connectivity index (χ2v) is 6.03.